The molecule has 46 heavy (non-hydrogen) atoms. The summed E-state index contributed by atoms with van der Waals surface area (Å²) in [6, 6.07) is 7.60. The SMILES string of the molecule is C=C(C)[C@@H]1CC[C@]2(CNCCS(=C)(C)=O)CC[C@]3(C)[C@H](CC[C@@H]4[C@@]5(C)CC=C(c6ccc(C(=O)O)cc6)C(C)(C)[C@@H]5CC[C@]43C)[C@@H]12. The van der Waals surface area contributed by atoms with Crippen molar-refractivity contribution in [3.8, 4) is 0 Å². The number of rotatable bonds is 8. The second-order valence-corrected chi connectivity index (χ2v) is 20.8. The minimum Gasteiger partial charge on any atom is -0.478 e. The first kappa shape index (κ1) is 34.0. The molecule has 0 amide bonds. The normalized spacial score (nSPS) is 42.4. The van der Waals surface area contributed by atoms with Crippen LogP contribution in [0.15, 0.2) is 42.5 Å². The molecule has 0 bridgehead atoms. The summed E-state index contributed by atoms with van der Waals surface area (Å²) in [5.41, 5.74) is 5.52. The molecule has 1 unspecified atom stereocenters. The van der Waals surface area contributed by atoms with E-state index in [1.54, 1.807) is 18.4 Å². The van der Waals surface area contributed by atoms with Crippen LogP contribution < -0.4 is 5.32 Å². The maximum Gasteiger partial charge on any atom is 0.335 e. The Hall–Kier alpha value is -1.85. The van der Waals surface area contributed by atoms with Gasteiger partial charge in [-0.15, -0.1) is 0 Å². The molecule has 0 spiro atoms. The molecule has 5 aliphatic rings. The molecule has 6 rings (SSSR count). The highest BCUT2D eigenvalue weighted by molar-refractivity contribution is 7.99. The topological polar surface area (TPSA) is 66.4 Å². The number of fused-ring (bicyclic) bond motifs is 7. The summed E-state index contributed by atoms with van der Waals surface area (Å²) in [5, 5.41) is 13.3. The number of carboxylic acid groups (broad SMARTS) is 1. The lowest BCUT2D eigenvalue weighted by atomic mass is 9.32. The molecular formula is C41H61NO3S. The van der Waals surface area contributed by atoms with Crippen LogP contribution in [-0.2, 0) is 9.52 Å². The Kier molecular flexibility index (Phi) is 8.40. The van der Waals surface area contributed by atoms with Gasteiger partial charge in [0.1, 0.15) is 0 Å². The van der Waals surface area contributed by atoms with Crippen molar-refractivity contribution in [1.29, 1.82) is 0 Å². The molecule has 5 heteroatoms. The summed E-state index contributed by atoms with van der Waals surface area (Å²) in [6.45, 7) is 21.7. The van der Waals surface area contributed by atoms with Crippen molar-refractivity contribution in [3.63, 3.8) is 0 Å². The van der Waals surface area contributed by atoms with Crippen molar-refractivity contribution in [2.75, 3.05) is 25.1 Å². The van der Waals surface area contributed by atoms with E-state index >= 15 is 0 Å². The van der Waals surface area contributed by atoms with E-state index in [2.05, 4.69) is 65.4 Å². The summed E-state index contributed by atoms with van der Waals surface area (Å²) in [7, 11) is -1.98. The molecule has 4 nitrogen and oxygen atoms in total. The molecule has 0 aromatic heterocycles. The fourth-order valence-electron chi connectivity index (χ4n) is 13.1. The highest BCUT2D eigenvalue weighted by atomic mass is 32.2. The van der Waals surface area contributed by atoms with Crippen molar-refractivity contribution in [1.82, 2.24) is 5.32 Å². The van der Waals surface area contributed by atoms with Crippen LogP contribution in [0.3, 0.4) is 0 Å². The Morgan fingerprint density at radius 1 is 0.957 bits per heavy atom. The van der Waals surface area contributed by atoms with Gasteiger partial charge in [0.05, 0.1) is 5.56 Å². The molecule has 254 valence electrons. The van der Waals surface area contributed by atoms with Gasteiger partial charge in [0, 0.05) is 25.1 Å². The maximum absolute atomic E-state index is 12.3. The Bertz CT molecular complexity index is 1520. The van der Waals surface area contributed by atoms with Crippen molar-refractivity contribution < 1.29 is 14.1 Å². The number of carboxylic acids is 1. The molecule has 0 saturated heterocycles. The molecule has 0 radical (unpaired) electrons. The standard InChI is InChI=1S/C41H61NO3S/c1-27(2)30-16-21-41(26-42-24-25-46(8,9)45)23-22-39(6)32(35(30)41)14-15-34-38(5)19-17-31(28-10-12-29(13-11-28)36(43)44)37(3,4)33(38)18-20-40(34,39)7/h10-13,17,30,32-35,42H,1,8,14-16,18-26H2,2-7,9H3,(H,43,44)/t30-,32+,33-,34+,35+,38-,39+,40+,41+,46?/m0/s1. The monoisotopic (exact) mass is 647 g/mol. The van der Waals surface area contributed by atoms with Crippen molar-refractivity contribution in [3.05, 3.63) is 53.6 Å². The lowest BCUT2D eigenvalue weighted by Crippen LogP contribution is -2.65. The molecular weight excluding hydrogens is 587 g/mol. The molecule has 0 heterocycles. The molecule has 4 saturated carbocycles. The van der Waals surface area contributed by atoms with E-state index in [0.717, 1.165) is 19.5 Å². The van der Waals surface area contributed by atoms with Crippen LogP contribution >= 0.6 is 0 Å². The third kappa shape index (κ3) is 5.11. The first-order valence-electron chi connectivity index (χ1n) is 18.1. The third-order valence-corrected chi connectivity index (χ3v) is 16.5. The lowest BCUT2D eigenvalue weighted by molar-refractivity contribution is -0.225. The van der Waals surface area contributed by atoms with Gasteiger partial charge >= 0.3 is 5.97 Å². The van der Waals surface area contributed by atoms with E-state index in [9.17, 15) is 14.1 Å². The maximum atomic E-state index is 12.3. The number of allylic oxidation sites excluding steroid dienone is 3. The zero-order chi connectivity index (χ0) is 33.5. The van der Waals surface area contributed by atoms with Crippen LogP contribution in [0, 0.1) is 56.7 Å². The number of nitrogens with one attached hydrogen (secondary N) is 1. The van der Waals surface area contributed by atoms with Gasteiger partial charge < -0.3 is 10.4 Å². The first-order chi connectivity index (χ1) is 21.4. The largest absolute Gasteiger partial charge is 0.478 e. The Morgan fingerprint density at radius 2 is 1.65 bits per heavy atom. The number of hydrogen-bond acceptors (Lipinski definition) is 3. The predicted molar refractivity (Wildman–Crippen MR) is 195 cm³/mol. The zero-order valence-electron chi connectivity index (χ0n) is 29.8. The highest BCUT2D eigenvalue weighted by Gasteiger charge is 2.70. The van der Waals surface area contributed by atoms with Crippen LogP contribution in [0.1, 0.15) is 115 Å². The Labute approximate surface area is 280 Å². The third-order valence-electron chi connectivity index (χ3n) is 15.4. The quantitative estimate of drug-likeness (QED) is 0.168. The van der Waals surface area contributed by atoms with Crippen molar-refractivity contribution in [2.45, 2.75) is 99.3 Å². The minimum absolute atomic E-state index is 0.0244. The fourth-order valence-corrected chi connectivity index (χ4v) is 13.7. The summed E-state index contributed by atoms with van der Waals surface area (Å²) in [5.74, 6) is 6.96. The van der Waals surface area contributed by atoms with E-state index in [-0.39, 0.29) is 10.8 Å². The van der Waals surface area contributed by atoms with Crippen molar-refractivity contribution in [2.24, 2.45) is 56.7 Å². The van der Waals surface area contributed by atoms with Gasteiger partial charge in [-0.25, -0.2) is 4.79 Å². The van der Waals surface area contributed by atoms with Crippen LogP contribution in [0.2, 0.25) is 0 Å². The summed E-state index contributed by atoms with van der Waals surface area (Å²) < 4.78 is 12.3. The molecule has 5 aliphatic carbocycles. The second kappa shape index (κ2) is 11.4. The number of hydrogen-bond donors (Lipinski definition) is 2. The second-order valence-electron chi connectivity index (χ2n) is 18.0. The fraction of sp³-hybridized carbons (Fsp3) is 0.707. The summed E-state index contributed by atoms with van der Waals surface area (Å²) in [4.78, 5) is 11.5. The zero-order valence-corrected chi connectivity index (χ0v) is 30.7. The van der Waals surface area contributed by atoms with Crippen LogP contribution in [0.25, 0.3) is 5.57 Å². The molecule has 1 aromatic carbocycles. The van der Waals surface area contributed by atoms with Gasteiger partial charge in [-0.2, -0.15) is 0 Å². The number of aromatic carboxylic acids is 1. The van der Waals surface area contributed by atoms with Gasteiger partial charge in [-0.05, 0) is 160 Å². The average molecular weight is 648 g/mol. The lowest BCUT2D eigenvalue weighted by Gasteiger charge is -2.72. The average Bonchev–Trinajstić information content (AvgIpc) is 3.35. The minimum atomic E-state index is -1.98. The van der Waals surface area contributed by atoms with Gasteiger partial charge in [0.2, 0.25) is 0 Å². The van der Waals surface area contributed by atoms with E-state index in [1.165, 1.54) is 68.1 Å². The van der Waals surface area contributed by atoms with E-state index in [0.29, 0.717) is 57.2 Å². The van der Waals surface area contributed by atoms with Crippen molar-refractivity contribution >= 4 is 26.9 Å². The molecule has 2 N–H and O–H groups in total. The first-order valence-corrected chi connectivity index (χ1v) is 20.4. The van der Waals surface area contributed by atoms with Crippen LogP contribution in [-0.4, -0.2) is 46.3 Å². The predicted octanol–water partition coefficient (Wildman–Crippen LogP) is 8.97. The van der Waals surface area contributed by atoms with Crippen LogP contribution in [0.4, 0.5) is 0 Å². The molecule has 0 aliphatic heterocycles. The molecule has 1 aromatic rings. The van der Waals surface area contributed by atoms with E-state index < -0.39 is 15.5 Å². The smallest absolute Gasteiger partial charge is 0.335 e. The van der Waals surface area contributed by atoms with Gasteiger partial charge in [-0.3, -0.25) is 4.21 Å². The van der Waals surface area contributed by atoms with Crippen LogP contribution in [0.5, 0.6) is 0 Å². The van der Waals surface area contributed by atoms with E-state index in [1.807, 2.05) is 12.1 Å². The van der Waals surface area contributed by atoms with E-state index in [4.69, 9.17) is 0 Å². The van der Waals surface area contributed by atoms with Gasteiger partial charge in [0.25, 0.3) is 0 Å². The Balaban J connectivity index is 1.30. The number of carbonyl (C=O) groups is 1. The van der Waals surface area contributed by atoms with Gasteiger partial charge in [-0.1, -0.05) is 65.0 Å². The number of benzene rings is 1. The molecule has 4 fully saturated rings. The molecule has 10 atom stereocenters. The Morgan fingerprint density at radius 3 is 2.28 bits per heavy atom. The summed E-state index contributed by atoms with van der Waals surface area (Å²) >= 11 is 0. The van der Waals surface area contributed by atoms with Gasteiger partial charge in [0.15, 0.2) is 0 Å². The highest BCUT2D eigenvalue weighted by Crippen LogP contribution is 2.77. The summed E-state index contributed by atoms with van der Waals surface area (Å²) in [6.07, 6.45) is 15.8.